The summed E-state index contributed by atoms with van der Waals surface area (Å²) in [7, 11) is 0. The van der Waals surface area contributed by atoms with Gasteiger partial charge in [0.05, 0.1) is 0 Å². The summed E-state index contributed by atoms with van der Waals surface area (Å²) in [6.07, 6.45) is 0.618. The van der Waals surface area contributed by atoms with Crippen LogP contribution < -0.4 is 11.3 Å². The van der Waals surface area contributed by atoms with E-state index >= 15 is 0 Å². The first-order chi connectivity index (χ1) is 9.11. The zero-order chi connectivity index (χ0) is 13.4. The highest BCUT2D eigenvalue weighted by Gasteiger charge is 2.09. The Balaban J connectivity index is 2.02. The van der Waals surface area contributed by atoms with Gasteiger partial charge in [-0.1, -0.05) is 12.1 Å². The Hall–Kier alpha value is -1.90. The van der Waals surface area contributed by atoms with Gasteiger partial charge in [-0.25, -0.2) is 4.98 Å². The van der Waals surface area contributed by atoms with Crippen molar-refractivity contribution >= 4 is 39.7 Å². The van der Waals surface area contributed by atoms with Gasteiger partial charge in [0.25, 0.3) is 5.56 Å². The first kappa shape index (κ1) is 12.2. The molecule has 0 aliphatic rings. The normalized spacial score (nSPS) is 11.0. The predicted octanol–water partition coefficient (Wildman–Crippen LogP) is 1.42. The molecule has 19 heavy (non-hydrogen) atoms. The van der Waals surface area contributed by atoms with Crippen molar-refractivity contribution < 1.29 is 0 Å². The highest BCUT2D eigenvalue weighted by molar-refractivity contribution is 14.1. The van der Waals surface area contributed by atoms with Gasteiger partial charge >= 0.3 is 0 Å². The number of aromatic amines is 2. The van der Waals surface area contributed by atoms with Crippen molar-refractivity contribution in [2.75, 3.05) is 5.73 Å². The zero-order valence-electron chi connectivity index (χ0n) is 9.77. The summed E-state index contributed by atoms with van der Waals surface area (Å²) in [5.74, 6) is 0.769. The molecule has 0 saturated heterocycles. The Labute approximate surface area is 121 Å². The lowest BCUT2D eigenvalue weighted by molar-refractivity contribution is 1.03. The molecule has 0 aliphatic carbocycles. The largest absolute Gasteiger partial charge is 0.369 e. The van der Waals surface area contributed by atoms with Crippen LogP contribution in [0.2, 0.25) is 0 Å². The van der Waals surface area contributed by atoms with Crippen LogP contribution in [0, 0.1) is 3.57 Å². The number of aromatic nitrogens is 4. The minimum Gasteiger partial charge on any atom is -0.369 e. The Morgan fingerprint density at radius 2 is 2.11 bits per heavy atom. The van der Waals surface area contributed by atoms with Crippen molar-refractivity contribution in [3.05, 3.63) is 49.6 Å². The fourth-order valence-electron chi connectivity index (χ4n) is 1.90. The molecule has 1 aromatic carbocycles. The molecule has 7 heteroatoms. The lowest BCUT2D eigenvalue weighted by Gasteiger charge is -1.98. The third-order valence-corrected chi connectivity index (χ3v) is 3.36. The van der Waals surface area contributed by atoms with E-state index in [4.69, 9.17) is 5.73 Å². The second-order valence-corrected chi connectivity index (χ2v) is 5.39. The number of imidazole rings is 1. The molecular weight excluding hydrogens is 357 g/mol. The SMILES string of the molecule is Nc1nc2nc(Cc3cccc(I)c3)[nH]c2c(=O)[nH]1. The molecule has 0 atom stereocenters. The van der Waals surface area contributed by atoms with Crippen LogP contribution in [0.1, 0.15) is 11.4 Å². The van der Waals surface area contributed by atoms with E-state index in [0.717, 1.165) is 9.13 Å². The average Bonchev–Trinajstić information content (AvgIpc) is 2.71. The third kappa shape index (κ3) is 2.46. The molecule has 6 nitrogen and oxygen atoms in total. The molecule has 0 fully saturated rings. The summed E-state index contributed by atoms with van der Waals surface area (Å²) >= 11 is 2.26. The molecular formula is C12H10IN5O. The van der Waals surface area contributed by atoms with Crippen molar-refractivity contribution in [3.63, 3.8) is 0 Å². The number of benzene rings is 1. The first-order valence-electron chi connectivity index (χ1n) is 5.60. The summed E-state index contributed by atoms with van der Waals surface area (Å²) in [4.78, 5) is 25.4. The van der Waals surface area contributed by atoms with E-state index in [2.05, 4.69) is 48.6 Å². The molecule has 0 spiro atoms. The Kier molecular flexibility index (Phi) is 2.97. The van der Waals surface area contributed by atoms with Gasteiger partial charge in [-0.2, -0.15) is 4.98 Å². The summed E-state index contributed by atoms with van der Waals surface area (Å²) in [5, 5.41) is 0. The van der Waals surface area contributed by atoms with E-state index in [1.165, 1.54) is 0 Å². The second-order valence-electron chi connectivity index (χ2n) is 4.14. The Morgan fingerprint density at radius 1 is 1.26 bits per heavy atom. The number of H-pyrrole nitrogens is 2. The summed E-state index contributed by atoms with van der Waals surface area (Å²) in [6, 6.07) is 8.10. The maximum Gasteiger partial charge on any atom is 0.278 e. The van der Waals surface area contributed by atoms with Gasteiger partial charge in [0.2, 0.25) is 5.95 Å². The minimum atomic E-state index is -0.302. The minimum absolute atomic E-state index is 0.0739. The van der Waals surface area contributed by atoms with Crippen molar-refractivity contribution in [2.45, 2.75) is 6.42 Å². The van der Waals surface area contributed by atoms with Crippen LogP contribution in [0.15, 0.2) is 29.1 Å². The lowest BCUT2D eigenvalue weighted by atomic mass is 10.1. The molecule has 0 aliphatic heterocycles. The van der Waals surface area contributed by atoms with Gasteiger partial charge in [-0.3, -0.25) is 9.78 Å². The summed E-state index contributed by atoms with van der Waals surface area (Å²) in [5.41, 5.74) is 7.01. The number of nitrogens with two attached hydrogens (primary N) is 1. The van der Waals surface area contributed by atoms with Crippen molar-refractivity contribution in [2.24, 2.45) is 0 Å². The van der Waals surface area contributed by atoms with E-state index in [1.54, 1.807) is 0 Å². The number of nitrogen functional groups attached to an aromatic ring is 1. The maximum absolute atomic E-state index is 11.7. The van der Waals surface area contributed by atoms with Crippen molar-refractivity contribution in [1.29, 1.82) is 0 Å². The van der Waals surface area contributed by atoms with Gasteiger partial charge < -0.3 is 10.7 Å². The molecule has 0 amide bonds. The van der Waals surface area contributed by atoms with Gasteiger partial charge in [0.1, 0.15) is 5.82 Å². The second kappa shape index (κ2) is 4.65. The van der Waals surface area contributed by atoms with Crippen LogP contribution >= 0.6 is 22.6 Å². The number of nitrogens with zero attached hydrogens (tertiary/aromatic N) is 2. The summed E-state index contributed by atoms with van der Waals surface area (Å²) in [6.45, 7) is 0. The van der Waals surface area contributed by atoms with Crippen LogP contribution in [0.5, 0.6) is 0 Å². The van der Waals surface area contributed by atoms with Crippen molar-refractivity contribution in [3.8, 4) is 0 Å². The van der Waals surface area contributed by atoms with E-state index in [1.807, 2.05) is 18.2 Å². The smallest absolute Gasteiger partial charge is 0.278 e. The maximum atomic E-state index is 11.7. The highest BCUT2D eigenvalue weighted by Crippen LogP contribution is 2.13. The van der Waals surface area contributed by atoms with E-state index in [9.17, 15) is 4.79 Å². The number of hydrogen-bond acceptors (Lipinski definition) is 4. The standard InChI is InChI=1S/C12H10IN5O/c13-7-3-1-2-6(4-7)5-8-15-9-10(16-8)17-12(14)18-11(9)19/h1-4H,5H2,(H4,14,15,16,17,18,19). The molecule has 0 radical (unpaired) electrons. The van der Waals surface area contributed by atoms with Gasteiger partial charge in [0.15, 0.2) is 11.2 Å². The molecule has 0 bridgehead atoms. The van der Waals surface area contributed by atoms with Gasteiger partial charge in [0, 0.05) is 9.99 Å². The zero-order valence-corrected chi connectivity index (χ0v) is 11.9. The lowest BCUT2D eigenvalue weighted by Crippen LogP contribution is -2.10. The van der Waals surface area contributed by atoms with Crippen LogP contribution in [0.4, 0.5) is 5.95 Å². The number of nitrogens with one attached hydrogen (secondary N) is 2. The van der Waals surface area contributed by atoms with E-state index in [0.29, 0.717) is 23.4 Å². The molecule has 2 heterocycles. The third-order valence-electron chi connectivity index (χ3n) is 2.69. The molecule has 0 unspecified atom stereocenters. The van der Waals surface area contributed by atoms with Crippen LogP contribution in [0.3, 0.4) is 0 Å². The number of fused-ring (bicyclic) bond motifs is 1. The average molecular weight is 367 g/mol. The topological polar surface area (TPSA) is 100 Å². The molecule has 4 N–H and O–H groups in total. The number of hydrogen-bond donors (Lipinski definition) is 3. The first-order valence-corrected chi connectivity index (χ1v) is 6.68. The quantitative estimate of drug-likeness (QED) is 0.597. The molecule has 2 aromatic heterocycles. The number of anilines is 1. The number of halogens is 1. The molecule has 96 valence electrons. The number of rotatable bonds is 2. The molecule has 0 saturated carbocycles. The predicted molar refractivity (Wildman–Crippen MR) is 80.9 cm³/mol. The molecule has 3 rings (SSSR count). The summed E-state index contributed by atoms with van der Waals surface area (Å²) < 4.78 is 1.16. The Morgan fingerprint density at radius 3 is 2.89 bits per heavy atom. The highest BCUT2D eigenvalue weighted by atomic mass is 127. The van der Waals surface area contributed by atoms with Crippen molar-refractivity contribution in [1.82, 2.24) is 19.9 Å². The Bertz CT molecular complexity index is 807. The fraction of sp³-hybridized carbons (Fsp3) is 0.0833. The van der Waals surface area contributed by atoms with E-state index < -0.39 is 0 Å². The fourth-order valence-corrected chi connectivity index (χ4v) is 2.50. The van der Waals surface area contributed by atoms with Gasteiger partial charge in [-0.15, -0.1) is 0 Å². The van der Waals surface area contributed by atoms with Crippen LogP contribution in [-0.2, 0) is 6.42 Å². The monoisotopic (exact) mass is 367 g/mol. The van der Waals surface area contributed by atoms with Crippen LogP contribution in [0.25, 0.3) is 11.2 Å². The van der Waals surface area contributed by atoms with E-state index in [-0.39, 0.29) is 11.5 Å². The van der Waals surface area contributed by atoms with Gasteiger partial charge in [-0.05, 0) is 40.3 Å². The van der Waals surface area contributed by atoms with Crippen LogP contribution in [-0.4, -0.2) is 19.9 Å². The molecule has 3 aromatic rings.